The van der Waals surface area contributed by atoms with Crippen LogP contribution >= 0.6 is 0 Å². The summed E-state index contributed by atoms with van der Waals surface area (Å²) in [5.74, 6) is -0.489. The number of carbonyl (C=O) groups is 2. The number of nitrogens with one attached hydrogen (secondary N) is 1. The minimum Gasteiger partial charge on any atom is -0.453 e. The molecule has 0 aliphatic heterocycles. The summed E-state index contributed by atoms with van der Waals surface area (Å²) in [7, 11) is 0. The summed E-state index contributed by atoms with van der Waals surface area (Å²) in [5, 5.41) is 2.70. The smallest absolute Gasteiger partial charge is 0.338 e. The second-order valence-electron chi connectivity index (χ2n) is 4.91. The number of hydrogen-bond donors (Lipinski definition) is 1. The van der Waals surface area contributed by atoms with Crippen molar-refractivity contribution in [2.45, 2.75) is 26.5 Å². The van der Waals surface area contributed by atoms with Crippen LogP contribution < -0.4 is 5.32 Å². The molecule has 2 rings (SSSR count). The van der Waals surface area contributed by atoms with Gasteiger partial charge in [-0.1, -0.05) is 18.2 Å². The van der Waals surface area contributed by atoms with Crippen LogP contribution in [0.3, 0.4) is 0 Å². The highest BCUT2D eigenvalue weighted by Crippen LogP contribution is 2.16. The third kappa shape index (κ3) is 4.41. The molecule has 2 aromatic rings. The number of carbonyl (C=O) groups excluding carboxylic acids is 2. The summed E-state index contributed by atoms with van der Waals surface area (Å²) in [6.07, 6.45) is 1.25. The summed E-state index contributed by atoms with van der Waals surface area (Å²) >= 11 is 0. The number of rotatable bonds is 5. The van der Waals surface area contributed by atoms with Crippen molar-refractivity contribution >= 4 is 11.9 Å². The van der Waals surface area contributed by atoms with E-state index < -0.39 is 12.1 Å². The minimum atomic E-state index is -0.409. The monoisotopic (exact) mass is 298 g/mol. The van der Waals surface area contributed by atoms with Crippen LogP contribution in [0.1, 0.15) is 41.6 Å². The first-order chi connectivity index (χ1) is 10.6. The van der Waals surface area contributed by atoms with E-state index in [4.69, 9.17) is 4.74 Å². The molecule has 0 saturated carbocycles. The molecule has 5 heteroatoms. The van der Waals surface area contributed by atoms with Gasteiger partial charge >= 0.3 is 5.97 Å². The number of hydrogen-bond acceptors (Lipinski definition) is 4. The Kier molecular flexibility index (Phi) is 5.25. The highest BCUT2D eigenvalue weighted by atomic mass is 16.5. The molecule has 1 atom stereocenters. The number of benzene rings is 1. The maximum atomic E-state index is 12.1. The quantitative estimate of drug-likeness (QED) is 0.862. The molecule has 0 bridgehead atoms. The molecule has 0 fully saturated rings. The molecule has 114 valence electrons. The second-order valence-corrected chi connectivity index (χ2v) is 4.91. The van der Waals surface area contributed by atoms with E-state index in [0.717, 1.165) is 5.56 Å². The van der Waals surface area contributed by atoms with Crippen LogP contribution in [0.4, 0.5) is 0 Å². The number of nitrogens with zero attached hydrogens (tertiary/aromatic N) is 1. The molecule has 1 amide bonds. The molecule has 22 heavy (non-hydrogen) atoms. The van der Waals surface area contributed by atoms with Gasteiger partial charge in [0.2, 0.25) is 5.91 Å². The van der Waals surface area contributed by atoms with E-state index in [9.17, 15) is 9.59 Å². The standard InChI is InChI=1S/C17H18N2O3/c1-12(16-5-3-4-10-18-16)22-17(21)15-8-6-14(7-9-15)11-19-13(2)20/h3-10,12H,11H2,1-2H3,(H,19,20). The molecule has 1 N–H and O–H groups in total. The first-order valence-electron chi connectivity index (χ1n) is 7.01. The van der Waals surface area contributed by atoms with E-state index in [-0.39, 0.29) is 5.91 Å². The molecule has 0 spiro atoms. The molecular weight excluding hydrogens is 280 g/mol. The maximum Gasteiger partial charge on any atom is 0.338 e. The van der Waals surface area contributed by atoms with E-state index in [1.54, 1.807) is 37.4 Å². The Hall–Kier alpha value is -2.69. The number of esters is 1. The second kappa shape index (κ2) is 7.36. The van der Waals surface area contributed by atoms with Crippen LogP contribution in [-0.4, -0.2) is 16.9 Å². The van der Waals surface area contributed by atoms with Crippen molar-refractivity contribution in [3.63, 3.8) is 0 Å². The molecule has 0 aliphatic carbocycles. The van der Waals surface area contributed by atoms with Gasteiger partial charge in [0.05, 0.1) is 11.3 Å². The summed E-state index contributed by atoms with van der Waals surface area (Å²) in [6.45, 7) is 3.69. The Balaban J connectivity index is 1.96. The van der Waals surface area contributed by atoms with Crippen molar-refractivity contribution < 1.29 is 14.3 Å². The van der Waals surface area contributed by atoms with E-state index in [1.165, 1.54) is 6.92 Å². The third-order valence-corrected chi connectivity index (χ3v) is 3.12. The van der Waals surface area contributed by atoms with Crippen LogP contribution in [0.2, 0.25) is 0 Å². The van der Waals surface area contributed by atoms with Gasteiger partial charge in [0.1, 0.15) is 6.10 Å². The van der Waals surface area contributed by atoms with Crippen molar-refractivity contribution in [3.8, 4) is 0 Å². The molecule has 1 unspecified atom stereocenters. The van der Waals surface area contributed by atoms with Crippen molar-refractivity contribution in [2.75, 3.05) is 0 Å². The van der Waals surface area contributed by atoms with Crippen LogP contribution in [-0.2, 0) is 16.1 Å². The molecule has 1 aromatic carbocycles. The fourth-order valence-corrected chi connectivity index (χ4v) is 1.89. The maximum absolute atomic E-state index is 12.1. The molecule has 0 radical (unpaired) electrons. The lowest BCUT2D eigenvalue weighted by molar-refractivity contribution is -0.119. The average Bonchev–Trinajstić information content (AvgIpc) is 2.54. The molecule has 1 heterocycles. The highest BCUT2D eigenvalue weighted by Gasteiger charge is 2.14. The predicted molar refractivity (Wildman–Crippen MR) is 82.0 cm³/mol. The molecule has 1 aromatic heterocycles. The molecule has 5 nitrogen and oxygen atoms in total. The lowest BCUT2D eigenvalue weighted by Gasteiger charge is -2.12. The normalized spacial score (nSPS) is 11.5. The molecule has 0 saturated heterocycles. The SMILES string of the molecule is CC(=O)NCc1ccc(C(=O)OC(C)c2ccccn2)cc1. The fourth-order valence-electron chi connectivity index (χ4n) is 1.89. The van der Waals surface area contributed by atoms with Crippen molar-refractivity contribution in [1.29, 1.82) is 0 Å². The van der Waals surface area contributed by atoms with E-state index in [1.807, 2.05) is 18.2 Å². The minimum absolute atomic E-state index is 0.0901. The van der Waals surface area contributed by atoms with Crippen molar-refractivity contribution in [2.24, 2.45) is 0 Å². The average molecular weight is 298 g/mol. The number of pyridine rings is 1. The Bertz CT molecular complexity index is 639. The first kappa shape index (κ1) is 15.7. The van der Waals surface area contributed by atoms with Gasteiger partial charge in [-0.3, -0.25) is 9.78 Å². The lowest BCUT2D eigenvalue weighted by Crippen LogP contribution is -2.18. The van der Waals surface area contributed by atoms with Crippen LogP contribution in [0.15, 0.2) is 48.7 Å². The van der Waals surface area contributed by atoms with Gasteiger partial charge in [-0.15, -0.1) is 0 Å². The Morgan fingerprint density at radius 2 is 1.91 bits per heavy atom. The Morgan fingerprint density at radius 1 is 1.18 bits per heavy atom. The molecule has 0 aliphatic rings. The summed E-state index contributed by atoms with van der Waals surface area (Å²) in [4.78, 5) is 27.1. The zero-order chi connectivity index (χ0) is 15.9. The Labute approximate surface area is 129 Å². The van der Waals surface area contributed by atoms with Gasteiger partial charge in [-0.05, 0) is 36.8 Å². The van der Waals surface area contributed by atoms with Gasteiger partial charge in [-0.25, -0.2) is 4.79 Å². The third-order valence-electron chi connectivity index (χ3n) is 3.12. The van der Waals surface area contributed by atoms with Gasteiger partial charge in [-0.2, -0.15) is 0 Å². The van der Waals surface area contributed by atoms with Crippen LogP contribution in [0.5, 0.6) is 0 Å². The van der Waals surface area contributed by atoms with E-state index in [0.29, 0.717) is 17.8 Å². The molecular formula is C17H18N2O3. The van der Waals surface area contributed by atoms with E-state index >= 15 is 0 Å². The van der Waals surface area contributed by atoms with Crippen LogP contribution in [0, 0.1) is 0 Å². The van der Waals surface area contributed by atoms with Crippen LogP contribution in [0.25, 0.3) is 0 Å². The van der Waals surface area contributed by atoms with Gasteiger partial charge in [0.25, 0.3) is 0 Å². The van der Waals surface area contributed by atoms with E-state index in [2.05, 4.69) is 10.3 Å². The summed E-state index contributed by atoms with van der Waals surface area (Å²) in [6, 6.07) is 12.4. The Morgan fingerprint density at radius 3 is 2.50 bits per heavy atom. The zero-order valence-electron chi connectivity index (χ0n) is 12.6. The largest absolute Gasteiger partial charge is 0.453 e. The number of ether oxygens (including phenoxy) is 1. The zero-order valence-corrected chi connectivity index (χ0v) is 12.6. The summed E-state index contributed by atoms with van der Waals surface area (Å²) in [5.41, 5.74) is 2.09. The number of aromatic nitrogens is 1. The fraction of sp³-hybridized carbons (Fsp3) is 0.235. The van der Waals surface area contributed by atoms with Crippen molar-refractivity contribution in [1.82, 2.24) is 10.3 Å². The van der Waals surface area contributed by atoms with Gasteiger partial charge < -0.3 is 10.1 Å². The topological polar surface area (TPSA) is 68.3 Å². The van der Waals surface area contributed by atoms with Gasteiger partial charge in [0.15, 0.2) is 0 Å². The summed E-state index contributed by atoms with van der Waals surface area (Å²) < 4.78 is 5.39. The number of amides is 1. The lowest BCUT2D eigenvalue weighted by atomic mass is 10.1. The van der Waals surface area contributed by atoms with Crippen molar-refractivity contribution in [3.05, 3.63) is 65.5 Å². The predicted octanol–water partition coefficient (Wildman–Crippen LogP) is 2.64. The van der Waals surface area contributed by atoms with Gasteiger partial charge in [0, 0.05) is 19.7 Å². The first-order valence-corrected chi connectivity index (χ1v) is 7.01. The highest BCUT2D eigenvalue weighted by molar-refractivity contribution is 5.89.